The fourth-order valence-electron chi connectivity index (χ4n) is 3.29. The average molecular weight is 278 g/mol. The van der Waals surface area contributed by atoms with Gasteiger partial charge in [-0.3, -0.25) is 0 Å². The zero-order chi connectivity index (χ0) is 15.0. The Morgan fingerprint density at radius 2 is 1.29 bits per heavy atom. The van der Waals surface area contributed by atoms with Crippen LogP contribution in [0.2, 0.25) is 0 Å². The molecule has 0 heterocycles. The first kappa shape index (κ1) is 14.4. The molecule has 21 heavy (non-hydrogen) atoms. The minimum absolute atomic E-state index is 0.232. The molecule has 110 valence electrons. The zero-order valence-corrected chi connectivity index (χ0v) is 13.8. The minimum atomic E-state index is 0.232. The van der Waals surface area contributed by atoms with Gasteiger partial charge in [0.2, 0.25) is 0 Å². The standard InChI is InChI=1S/C21H26/c1-15-18-10-8-16-6-5-7-17(12-16)9-11-19(15)14-20(13-18)21(2,3)4/h5-7,12-14H,8-11H2,1-4H3. The SMILES string of the molecule is Cc1c2cc(C(C)(C)C)cc1CCc1cccc(c1)CC2. The highest BCUT2D eigenvalue weighted by atomic mass is 14.2. The van der Waals surface area contributed by atoms with Gasteiger partial charge in [-0.1, -0.05) is 57.2 Å². The molecule has 0 heteroatoms. The van der Waals surface area contributed by atoms with E-state index in [1.165, 1.54) is 22.3 Å². The predicted octanol–water partition coefficient (Wildman–Crippen LogP) is 5.18. The van der Waals surface area contributed by atoms with Gasteiger partial charge in [-0.15, -0.1) is 0 Å². The molecular weight excluding hydrogens is 252 g/mol. The molecule has 3 rings (SSSR count). The maximum absolute atomic E-state index is 2.45. The summed E-state index contributed by atoms with van der Waals surface area (Å²) in [7, 11) is 0. The van der Waals surface area contributed by atoms with Crippen molar-refractivity contribution in [3.8, 4) is 0 Å². The van der Waals surface area contributed by atoms with Crippen molar-refractivity contribution < 1.29 is 0 Å². The van der Waals surface area contributed by atoms with Crippen molar-refractivity contribution >= 4 is 0 Å². The topological polar surface area (TPSA) is 0 Å². The van der Waals surface area contributed by atoms with Gasteiger partial charge in [0.25, 0.3) is 0 Å². The third kappa shape index (κ3) is 3.05. The second-order valence-electron chi connectivity index (χ2n) is 7.49. The lowest BCUT2D eigenvalue weighted by atomic mass is 9.81. The molecule has 1 aliphatic rings. The lowest BCUT2D eigenvalue weighted by Crippen LogP contribution is -2.14. The second kappa shape index (κ2) is 5.33. The maximum Gasteiger partial charge on any atom is -0.0132 e. The third-order valence-corrected chi connectivity index (χ3v) is 4.85. The molecule has 0 fully saturated rings. The molecule has 0 atom stereocenters. The minimum Gasteiger partial charge on any atom is -0.0617 e. The van der Waals surface area contributed by atoms with Gasteiger partial charge in [-0.25, -0.2) is 0 Å². The first-order chi connectivity index (χ1) is 9.93. The van der Waals surface area contributed by atoms with Gasteiger partial charge in [0, 0.05) is 0 Å². The van der Waals surface area contributed by atoms with Crippen molar-refractivity contribution in [2.45, 2.75) is 58.8 Å². The van der Waals surface area contributed by atoms with E-state index >= 15 is 0 Å². The summed E-state index contributed by atoms with van der Waals surface area (Å²) < 4.78 is 0. The number of aryl methyl sites for hydroxylation is 4. The smallest absolute Gasteiger partial charge is 0.0132 e. The molecule has 0 aliphatic heterocycles. The fraction of sp³-hybridized carbons (Fsp3) is 0.429. The normalized spacial score (nSPS) is 14.9. The van der Waals surface area contributed by atoms with Gasteiger partial charge in [0.1, 0.15) is 0 Å². The van der Waals surface area contributed by atoms with Crippen molar-refractivity contribution in [1.29, 1.82) is 0 Å². The number of hydrogen-bond donors (Lipinski definition) is 0. The van der Waals surface area contributed by atoms with Crippen LogP contribution in [0.15, 0.2) is 36.4 Å². The Balaban J connectivity index is 2.07. The molecule has 0 nitrogen and oxygen atoms in total. The fourth-order valence-corrected chi connectivity index (χ4v) is 3.29. The van der Waals surface area contributed by atoms with E-state index in [2.05, 4.69) is 64.1 Å². The number of fused-ring (bicyclic) bond motifs is 4. The highest BCUT2D eigenvalue weighted by molar-refractivity contribution is 5.42. The van der Waals surface area contributed by atoms with Crippen LogP contribution in [0.4, 0.5) is 0 Å². The van der Waals surface area contributed by atoms with E-state index in [1.54, 1.807) is 11.1 Å². The summed E-state index contributed by atoms with van der Waals surface area (Å²) in [5.41, 5.74) is 9.30. The Bertz CT molecular complexity index is 612. The van der Waals surface area contributed by atoms with Gasteiger partial charge < -0.3 is 0 Å². The second-order valence-corrected chi connectivity index (χ2v) is 7.49. The molecule has 1 aliphatic carbocycles. The van der Waals surface area contributed by atoms with E-state index in [9.17, 15) is 0 Å². The van der Waals surface area contributed by atoms with Gasteiger partial charge >= 0.3 is 0 Å². The van der Waals surface area contributed by atoms with E-state index in [4.69, 9.17) is 0 Å². The van der Waals surface area contributed by atoms with Crippen molar-refractivity contribution in [2.75, 3.05) is 0 Å². The lowest BCUT2D eigenvalue weighted by Gasteiger charge is -2.24. The summed E-state index contributed by atoms with van der Waals surface area (Å²) in [6.45, 7) is 9.27. The summed E-state index contributed by atoms with van der Waals surface area (Å²) in [6, 6.07) is 14.1. The molecule has 0 saturated heterocycles. The van der Waals surface area contributed by atoms with Crippen molar-refractivity contribution in [2.24, 2.45) is 0 Å². The summed E-state index contributed by atoms with van der Waals surface area (Å²) in [6.07, 6.45) is 4.63. The molecule has 0 aromatic heterocycles. The highest BCUT2D eigenvalue weighted by Crippen LogP contribution is 2.29. The van der Waals surface area contributed by atoms with E-state index < -0.39 is 0 Å². The summed E-state index contributed by atoms with van der Waals surface area (Å²) in [5.74, 6) is 0. The molecule has 0 radical (unpaired) electrons. The summed E-state index contributed by atoms with van der Waals surface area (Å²) in [4.78, 5) is 0. The molecule has 0 N–H and O–H groups in total. The van der Waals surface area contributed by atoms with Crippen molar-refractivity contribution in [1.82, 2.24) is 0 Å². The monoisotopic (exact) mass is 278 g/mol. The van der Waals surface area contributed by atoms with Crippen LogP contribution in [0.1, 0.15) is 54.2 Å². The van der Waals surface area contributed by atoms with Crippen LogP contribution >= 0.6 is 0 Å². The molecule has 0 spiro atoms. The van der Waals surface area contributed by atoms with Gasteiger partial charge in [0.15, 0.2) is 0 Å². The molecule has 2 aromatic rings. The van der Waals surface area contributed by atoms with E-state index in [-0.39, 0.29) is 5.41 Å². The Morgan fingerprint density at radius 1 is 0.762 bits per heavy atom. The Hall–Kier alpha value is -1.56. The number of rotatable bonds is 0. The largest absolute Gasteiger partial charge is 0.0617 e. The number of hydrogen-bond acceptors (Lipinski definition) is 0. The highest BCUT2D eigenvalue weighted by Gasteiger charge is 2.18. The molecule has 4 bridgehead atoms. The quantitative estimate of drug-likeness (QED) is 0.623. The molecular formula is C21H26. The van der Waals surface area contributed by atoms with Crippen LogP contribution in [-0.4, -0.2) is 0 Å². The van der Waals surface area contributed by atoms with Crippen LogP contribution < -0.4 is 0 Å². The van der Waals surface area contributed by atoms with Crippen molar-refractivity contribution in [3.05, 3.63) is 69.8 Å². The Kier molecular flexibility index (Phi) is 3.65. The van der Waals surface area contributed by atoms with Crippen LogP contribution in [0.25, 0.3) is 0 Å². The first-order valence-corrected chi connectivity index (χ1v) is 8.14. The predicted molar refractivity (Wildman–Crippen MR) is 91.1 cm³/mol. The molecule has 2 aromatic carbocycles. The summed E-state index contributed by atoms with van der Waals surface area (Å²) in [5, 5.41) is 0. The Morgan fingerprint density at radius 3 is 1.76 bits per heavy atom. The number of benzene rings is 2. The van der Waals surface area contributed by atoms with Crippen LogP contribution in [0, 0.1) is 6.92 Å². The van der Waals surface area contributed by atoms with Crippen LogP contribution in [0.5, 0.6) is 0 Å². The van der Waals surface area contributed by atoms with E-state index in [1.807, 2.05) is 0 Å². The van der Waals surface area contributed by atoms with Gasteiger partial charge in [0.05, 0.1) is 0 Å². The molecule has 0 amide bonds. The zero-order valence-electron chi connectivity index (χ0n) is 13.8. The van der Waals surface area contributed by atoms with Gasteiger partial charge in [-0.05, 0) is 71.4 Å². The molecule has 0 unspecified atom stereocenters. The first-order valence-electron chi connectivity index (χ1n) is 8.14. The lowest BCUT2D eigenvalue weighted by molar-refractivity contribution is 0.587. The van der Waals surface area contributed by atoms with E-state index in [0.29, 0.717) is 0 Å². The Labute approximate surface area is 129 Å². The molecule has 0 saturated carbocycles. The average Bonchev–Trinajstić information content (AvgIpc) is 2.43. The van der Waals surface area contributed by atoms with E-state index in [0.717, 1.165) is 25.7 Å². The van der Waals surface area contributed by atoms with Gasteiger partial charge in [-0.2, -0.15) is 0 Å². The summed E-state index contributed by atoms with van der Waals surface area (Å²) >= 11 is 0. The van der Waals surface area contributed by atoms with Crippen LogP contribution in [0.3, 0.4) is 0 Å². The van der Waals surface area contributed by atoms with Crippen LogP contribution in [-0.2, 0) is 31.1 Å². The third-order valence-electron chi connectivity index (χ3n) is 4.85. The maximum atomic E-state index is 2.45. The van der Waals surface area contributed by atoms with Crippen molar-refractivity contribution in [3.63, 3.8) is 0 Å².